The van der Waals surface area contributed by atoms with Gasteiger partial charge in [0.15, 0.2) is 0 Å². The molecule has 0 aliphatic heterocycles. The van der Waals surface area contributed by atoms with E-state index in [2.05, 4.69) is 11.1 Å². The molecule has 0 radical (unpaired) electrons. The predicted molar refractivity (Wildman–Crippen MR) is 82.1 cm³/mol. The average Bonchev–Trinajstić information content (AvgIpc) is 2.49. The molecular formula is C17H13N3O. The first kappa shape index (κ1) is 12.9. The Hall–Kier alpha value is -3.06. The molecule has 2 aromatic carbocycles. The Morgan fingerprint density at radius 3 is 2.62 bits per heavy atom. The maximum absolute atomic E-state index is 9.09. The molecule has 0 aliphatic rings. The first-order valence-electron chi connectivity index (χ1n) is 6.50. The summed E-state index contributed by atoms with van der Waals surface area (Å²) in [6.45, 7) is 1.90. The fourth-order valence-electron chi connectivity index (χ4n) is 2.15. The number of nitrogen functional groups attached to an aromatic ring is 1. The Morgan fingerprint density at radius 2 is 1.90 bits per heavy atom. The number of fused-ring (bicyclic) bond motifs is 1. The van der Waals surface area contributed by atoms with Crippen LogP contribution in [0.4, 0.5) is 5.69 Å². The summed E-state index contributed by atoms with van der Waals surface area (Å²) in [4.78, 5) is 4.30. The third kappa shape index (κ3) is 2.49. The van der Waals surface area contributed by atoms with Crippen molar-refractivity contribution in [1.29, 1.82) is 5.26 Å². The van der Waals surface area contributed by atoms with E-state index in [1.165, 1.54) is 0 Å². The molecule has 3 aromatic rings. The van der Waals surface area contributed by atoms with Gasteiger partial charge < -0.3 is 10.5 Å². The van der Waals surface area contributed by atoms with Gasteiger partial charge in [-0.1, -0.05) is 0 Å². The Labute approximate surface area is 122 Å². The van der Waals surface area contributed by atoms with E-state index in [1.807, 2.05) is 31.2 Å². The van der Waals surface area contributed by atoms with Crippen molar-refractivity contribution in [2.24, 2.45) is 0 Å². The smallest absolute Gasteiger partial charge is 0.138 e. The van der Waals surface area contributed by atoms with Crippen LogP contribution in [-0.2, 0) is 0 Å². The third-order valence-electron chi connectivity index (χ3n) is 3.28. The van der Waals surface area contributed by atoms with Crippen LogP contribution in [0.1, 0.15) is 11.1 Å². The summed E-state index contributed by atoms with van der Waals surface area (Å²) in [5.41, 5.74) is 8.63. The van der Waals surface area contributed by atoms with Crippen LogP contribution in [0.3, 0.4) is 0 Å². The molecule has 0 amide bonds. The first-order valence-corrected chi connectivity index (χ1v) is 6.50. The van der Waals surface area contributed by atoms with Crippen LogP contribution in [0, 0.1) is 18.3 Å². The zero-order chi connectivity index (χ0) is 14.8. The maximum Gasteiger partial charge on any atom is 0.138 e. The van der Waals surface area contributed by atoms with Gasteiger partial charge >= 0.3 is 0 Å². The number of ether oxygens (including phenoxy) is 1. The molecule has 2 N–H and O–H groups in total. The molecule has 21 heavy (non-hydrogen) atoms. The van der Waals surface area contributed by atoms with Crippen LogP contribution in [0.25, 0.3) is 10.9 Å². The highest BCUT2D eigenvalue weighted by Crippen LogP contribution is 2.30. The number of pyridine rings is 1. The lowest BCUT2D eigenvalue weighted by Crippen LogP contribution is -1.91. The quantitative estimate of drug-likeness (QED) is 0.722. The van der Waals surface area contributed by atoms with Crippen molar-refractivity contribution in [1.82, 2.24) is 4.98 Å². The van der Waals surface area contributed by atoms with Crippen molar-refractivity contribution in [3.63, 3.8) is 0 Å². The van der Waals surface area contributed by atoms with Crippen LogP contribution < -0.4 is 10.5 Å². The molecule has 0 spiro atoms. The van der Waals surface area contributed by atoms with E-state index >= 15 is 0 Å². The zero-order valence-corrected chi connectivity index (χ0v) is 11.5. The second-order valence-corrected chi connectivity index (χ2v) is 4.78. The van der Waals surface area contributed by atoms with Gasteiger partial charge in [0.1, 0.15) is 11.5 Å². The zero-order valence-electron chi connectivity index (χ0n) is 11.5. The minimum Gasteiger partial charge on any atom is -0.457 e. The van der Waals surface area contributed by atoms with Gasteiger partial charge in [-0.05, 0) is 55.0 Å². The summed E-state index contributed by atoms with van der Waals surface area (Å²) < 4.78 is 5.90. The van der Waals surface area contributed by atoms with E-state index in [9.17, 15) is 0 Å². The van der Waals surface area contributed by atoms with Crippen LogP contribution in [-0.4, -0.2) is 4.98 Å². The Balaban J connectivity index is 2.08. The van der Waals surface area contributed by atoms with E-state index in [-0.39, 0.29) is 0 Å². The second-order valence-electron chi connectivity index (χ2n) is 4.78. The summed E-state index contributed by atoms with van der Waals surface area (Å²) in [5, 5.41) is 9.97. The minimum absolute atomic E-state index is 0.625. The highest BCUT2D eigenvalue weighted by molar-refractivity contribution is 5.87. The first-order chi connectivity index (χ1) is 10.2. The van der Waals surface area contributed by atoms with Gasteiger partial charge in [-0.2, -0.15) is 5.26 Å². The predicted octanol–water partition coefficient (Wildman–Crippen LogP) is 3.79. The Bertz CT molecular complexity index is 848. The van der Waals surface area contributed by atoms with Gasteiger partial charge in [-0.15, -0.1) is 0 Å². The van der Waals surface area contributed by atoms with Gasteiger partial charge in [0.05, 0.1) is 17.1 Å². The number of nitriles is 1. The van der Waals surface area contributed by atoms with Crippen molar-refractivity contribution in [3.8, 4) is 17.6 Å². The molecule has 4 nitrogen and oxygen atoms in total. The molecule has 0 aliphatic carbocycles. The van der Waals surface area contributed by atoms with Gasteiger partial charge in [-0.3, -0.25) is 4.98 Å². The van der Waals surface area contributed by atoms with Crippen molar-refractivity contribution in [3.05, 3.63) is 59.8 Å². The topological polar surface area (TPSA) is 71.9 Å². The monoisotopic (exact) mass is 275 g/mol. The number of aromatic nitrogens is 1. The number of hydrogen-bond acceptors (Lipinski definition) is 4. The van der Waals surface area contributed by atoms with Gasteiger partial charge in [0.25, 0.3) is 0 Å². The van der Waals surface area contributed by atoms with E-state index < -0.39 is 0 Å². The number of hydrogen-bond donors (Lipinski definition) is 1. The number of aryl methyl sites for hydroxylation is 1. The number of nitrogens with zero attached hydrogens (tertiary/aromatic N) is 2. The maximum atomic E-state index is 9.09. The molecule has 3 rings (SSSR count). The average molecular weight is 275 g/mol. The molecular weight excluding hydrogens is 262 g/mol. The lowest BCUT2D eigenvalue weighted by atomic mass is 10.1. The number of benzene rings is 2. The molecule has 1 aromatic heterocycles. The lowest BCUT2D eigenvalue weighted by Gasteiger charge is -2.10. The molecule has 0 unspecified atom stereocenters. The van der Waals surface area contributed by atoms with E-state index in [1.54, 1.807) is 24.4 Å². The van der Waals surface area contributed by atoms with E-state index in [4.69, 9.17) is 15.7 Å². The highest BCUT2D eigenvalue weighted by atomic mass is 16.5. The third-order valence-corrected chi connectivity index (χ3v) is 3.28. The van der Waals surface area contributed by atoms with Crippen LogP contribution in [0.15, 0.2) is 48.7 Å². The molecule has 0 saturated heterocycles. The molecule has 0 atom stereocenters. The number of anilines is 1. The standard InChI is InChI=1S/C17H13N3O/c1-11-8-15-16(9-12(11)10-18)20-7-6-17(15)21-14-4-2-13(19)3-5-14/h2-9H,19H2,1H3. The van der Waals surface area contributed by atoms with E-state index in [0.29, 0.717) is 22.7 Å². The van der Waals surface area contributed by atoms with Crippen molar-refractivity contribution >= 4 is 16.6 Å². The second kappa shape index (κ2) is 5.14. The SMILES string of the molecule is Cc1cc2c(Oc3ccc(N)cc3)ccnc2cc1C#N. The molecule has 102 valence electrons. The molecule has 0 saturated carbocycles. The van der Waals surface area contributed by atoms with E-state index in [0.717, 1.165) is 16.5 Å². The highest BCUT2D eigenvalue weighted by Gasteiger charge is 2.08. The fraction of sp³-hybridized carbons (Fsp3) is 0.0588. The van der Waals surface area contributed by atoms with Crippen LogP contribution in [0.5, 0.6) is 11.5 Å². The summed E-state index contributed by atoms with van der Waals surface area (Å²) in [6, 6.07) is 14.9. The minimum atomic E-state index is 0.625. The number of rotatable bonds is 2. The molecule has 0 bridgehead atoms. The van der Waals surface area contributed by atoms with Gasteiger partial charge in [0.2, 0.25) is 0 Å². The van der Waals surface area contributed by atoms with Crippen molar-refractivity contribution < 1.29 is 4.74 Å². The molecule has 4 heteroatoms. The van der Waals surface area contributed by atoms with Crippen molar-refractivity contribution in [2.45, 2.75) is 6.92 Å². The lowest BCUT2D eigenvalue weighted by molar-refractivity contribution is 0.488. The fourth-order valence-corrected chi connectivity index (χ4v) is 2.15. The van der Waals surface area contributed by atoms with Crippen LogP contribution in [0.2, 0.25) is 0 Å². The number of nitrogens with two attached hydrogens (primary N) is 1. The Morgan fingerprint density at radius 1 is 1.14 bits per heavy atom. The summed E-state index contributed by atoms with van der Waals surface area (Å²) >= 11 is 0. The van der Waals surface area contributed by atoms with Gasteiger partial charge in [-0.25, -0.2) is 0 Å². The summed E-state index contributed by atoms with van der Waals surface area (Å²) in [5.74, 6) is 1.41. The van der Waals surface area contributed by atoms with Crippen molar-refractivity contribution in [2.75, 3.05) is 5.73 Å². The van der Waals surface area contributed by atoms with Crippen LogP contribution >= 0.6 is 0 Å². The molecule has 1 heterocycles. The summed E-state index contributed by atoms with van der Waals surface area (Å²) in [6.07, 6.45) is 1.67. The van der Waals surface area contributed by atoms with Gasteiger partial charge in [0, 0.05) is 17.3 Å². The normalized spacial score (nSPS) is 10.3. The summed E-state index contributed by atoms with van der Waals surface area (Å²) in [7, 11) is 0. The largest absolute Gasteiger partial charge is 0.457 e. The Kier molecular flexibility index (Phi) is 3.17. The molecule has 0 fully saturated rings.